The van der Waals surface area contributed by atoms with Gasteiger partial charge in [0.15, 0.2) is 0 Å². The molecule has 0 atom stereocenters. The topological polar surface area (TPSA) is 52.6 Å². The van der Waals surface area contributed by atoms with Crippen LogP contribution >= 0.6 is 0 Å². The van der Waals surface area contributed by atoms with Crippen LogP contribution in [-0.4, -0.2) is 17.7 Å². The van der Waals surface area contributed by atoms with Gasteiger partial charge < -0.3 is 9.47 Å². The Morgan fingerprint density at radius 1 is 0.773 bits per heavy atom. The number of hydrogen-bond acceptors (Lipinski definition) is 4. The molecule has 0 saturated heterocycles. The molecular weight excluding hydrogens is 280 g/mol. The number of ether oxygens (including phenoxy) is 2. The van der Waals surface area contributed by atoms with E-state index in [1.807, 2.05) is 0 Å². The van der Waals surface area contributed by atoms with E-state index in [0.29, 0.717) is 25.7 Å². The second kappa shape index (κ2) is 10.6. The third-order valence-corrected chi connectivity index (χ3v) is 4.18. The molecule has 1 aliphatic rings. The van der Waals surface area contributed by atoms with Gasteiger partial charge in [0.2, 0.25) is 0 Å². The van der Waals surface area contributed by atoms with Crippen molar-refractivity contribution in [2.75, 3.05) is 0 Å². The van der Waals surface area contributed by atoms with Crippen LogP contribution in [0.4, 0.5) is 0 Å². The Morgan fingerprint density at radius 3 is 1.64 bits per heavy atom. The van der Waals surface area contributed by atoms with E-state index in [4.69, 9.17) is 9.47 Å². The number of unbranched alkanes of at least 4 members (excludes halogenated alkanes) is 4. The van der Waals surface area contributed by atoms with Crippen molar-refractivity contribution < 1.29 is 19.1 Å². The molecule has 1 fully saturated rings. The van der Waals surface area contributed by atoms with Gasteiger partial charge in [-0.15, -0.1) is 0 Å². The fraction of sp³-hybridized carbons (Fsp3) is 0.889. The van der Waals surface area contributed by atoms with Crippen LogP contribution in [-0.2, 0) is 19.1 Å². The summed E-state index contributed by atoms with van der Waals surface area (Å²) in [6.45, 7) is 4.21. The van der Waals surface area contributed by atoms with Crippen molar-refractivity contribution in [2.24, 2.45) is 0 Å². The third kappa shape index (κ3) is 7.28. The smallest absolute Gasteiger partial charge is 0.309 e. The van der Waals surface area contributed by atoms with E-state index in [1.54, 1.807) is 0 Å². The fourth-order valence-corrected chi connectivity index (χ4v) is 2.87. The molecule has 0 spiro atoms. The first-order valence-electron chi connectivity index (χ1n) is 9.05. The number of carbonyl (C=O) groups excluding carboxylic acids is 2. The van der Waals surface area contributed by atoms with Gasteiger partial charge in [-0.25, -0.2) is 0 Å². The molecule has 4 nitrogen and oxygen atoms in total. The highest BCUT2D eigenvalue weighted by Gasteiger charge is 2.39. The molecule has 0 unspecified atom stereocenters. The van der Waals surface area contributed by atoms with Gasteiger partial charge in [0, 0.05) is 25.7 Å². The van der Waals surface area contributed by atoms with Gasteiger partial charge in [-0.3, -0.25) is 9.59 Å². The zero-order chi connectivity index (χ0) is 16.3. The van der Waals surface area contributed by atoms with E-state index < -0.39 is 5.79 Å². The lowest BCUT2D eigenvalue weighted by Crippen LogP contribution is -2.41. The number of carbonyl (C=O) groups is 2. The van der Waals surface area contributed by atoms with Gasteiger partial charge in [-0.1, -0.05) is 46.0 Å². The van der Waals surface area contributed by atoms with Gasteiger partial charge in [0.1, 0.15) is 0 Å². The fourth-order valence-electron chi connectivity index (χ4n) is 2.87. The van der Waals surface area contributed by atoms with E-state index in [1.165, 1.54) is 0 Å². The first-order valence-corrected chi connectivity index (χ1v) is 9.05. The van der Waals surface area contributed by atoms with E-state index in [9.17, 15) is 9.59 Å². The van der Waals surface area contributed by atoms with Crippen molar-refractivity contribution in [1.29, 1.82) is 0 Å². The molecule has 1 saturated carbocycles. The van der Waals surface area contributed by atoms with Crippen LogP contribution in [0.25, 0.3) is 0 Å². The normalized spacial score (nSPS) is 17.0. The summed E-state index contributed by atoms with van der Waals surface area (Å²) in [5, 5.41) is 0. The minimum Gasteiger partial charge on any atom is -0.422 e. The van der Waals surface area contributed by atoms with Crippen molar-refractivity contribution in [2.45, 2.75) is 103 Å². The zero-order valence-corrected chi connectivity index (χ0v) is 14.3. The maximum atomic E-state index is 12.0. The van der Waals surface area contributed by atoms with Gasteiger partial charge in [0.05, 0.1) is 0 Å². The van der Waals surface area contributed by atoms with E-state index in [2.05, 4.69) is 13.8 Å². The molecule has 128 valence electrons. The van der Waals surface area contributed by atoms with Crippen molar-refractivity contribution in [3.05, 3.63) is 0 Å². The first kappa shape index (κ1) is 19.0. The summed E-state index contributed by atoms with van der Waals surface area (Å²) in [5.74, 6) is -1.43. The third-order valence-electron chi connectivity index (χ3n) is 4.18. The Bertz CT molecular complexity index is 306. The highest BCUT2D eigenvalue weighted by atomic mass is 16.7. The van der Waals surface area contributed by atoms with Gasteiger partial charge in [-0.05, 0) is 25.7 Å². The van der Waals surface area contributed by atoms with Crippen LogP contribution < -0.4 is 0 Å². The van der Waals surface area contributed by atoms with Crippen LogP contribution in [0.15, 0.2) is 0 Å². The molecule has 0 aromatic heterocycles. The molecule has 4 heteroatoms. The lowest BCUT2D eigenvalue weighted by molar-refractivity contribution is -0.238. The Hall–Kier alpha value is -1.06. The number of esters is 2. The van der Waals surface area contributed by atoms with Crippen LogP contribution in [0.5, 0.6) is 0 Å². The lowest BCUT2D eigenvalue weighted by Gasteiger charge is -2.35. The van der Waals surface area contributed by atoms with Gasteiger partial charge in [-0.2, -0.15) is 0 Å². The second-order valence-corrected chi connectivity index (χ2v) is 6.33. The molecule has 0 aromatic rings. The van der Waals surface area contributed by atoms with E-state index in [-0.39, 0.29) is 11.9 Å². The first-order chi connectivity index (χ1) is 10.6. The molecule has 1 rings (SSSR count). The Balaban J connectivity index is 2.50. The molecular formula is C18H32O4. The maximum absolute atomic E-state index is 12.0. The lowest BCUT2D eigenvalue weighted by atomic mass is 9.94. The Morgan fingerprint density at radius 2 is 1.23 bits per heavy atom. The number of hydrogen-bond donors (Lipinski definition) is 0. The number of rotatable bonds is 10. The maximum Gasteiger partial charge on any atom is 0.309 e. The van der Waals surface area contributed by atoms with Gasteiger partial charge >= 0.3 is 11.9 Å². The minimum absolute atomic E-state index is 0.225. The van der Waals surface area contributed by atoms with Crippen molar-refractivity contribution in [3.8, 4) is 0 Å². The Kier molecular flexibility index (Phi) is 9.17. The predicted molar refractivity (Wildman–Crippen MR) is 86.3 cm³/mol. The Labute approximate surface area is 134 Å². The van der Waals surface area contributed by atoms with Crippen molar-refractivity contribution in [3.63, 3.8) is 0 Å². The van der Waals surface area contributed by atoms with Crippen LogP contribution in [0.1, 0.15) is 97.3 Å². The molecule has 1 aliphatic carbocycles. The second-order valence-electron chi connectivity index (χ2n) is 6.33. The highest BCUT2D eigenvalue weighted by Crippen LogP contribution is 2.34. The molecule has 0 radical (unpaired) electrons. The molecule has 0 amide bonds. The summed E-state index contributed by atoms with van der Waals surface area (Å²) in [7, 11) is 0. The van der Waals surface area contributed by atoms with Gasteiger partial charge in [0.25, 0.3) is 5.79 Å². The van der Waals surface area contributed by atoms with E-state index >= 15 is 0 Å². The highest BCUT2D eigenvalue weighted by molar-refractivity contribution is 5.72. The summed E-state index contributed by atoms with van der Waals surface area (Å²) in [6, 6.07) is 0. The van der Waals surface area contributed by atoms with Crippen molar-refractivity contribution in [1.82, 2.24) is 0 Å². The van der Waals surface area contributed by atoms with Crippen LogP contribution in [0, 0.1) is 0 Å². The summed E-state index contributed by atoms with van der Waals surface area (Å²) in [5.41, 5.74) is 0. The summed E-state index contributed by atoms with van der Waals surface area (Å²) in [6.07, 6.45) is 11.0. The molecule has 0 bridgehead atoms. The SMILES string of the molecule is CCCCCC(=O)OC1(OC(=O)CCCCC)CCCCC1. The standard InChI is InChI=1S/C18H32O4/c1-3-5-8-12-16(19)21-18(14-10-7-11-15-18)22-17(20)13-9-6-4-2/h3-15H2,1-2H3. The zero-order valence-electron chi connectivity index (χ0n) is 14.3. The molecule has 22 heavy (non-hydrogen) atoms. The molecule has 0 aliphatic heterocycles. The molecule has 0 heterocycles. The minimum atomic E-state index is -0.981. The largest absolute Gasteiger partial charge is 0.422 e. The predicted octanol–water partition coefficient (Wildman–Crippen LogP) is 4.89. The summed E-state index contributed by atoms with van der Waals surface area (Å²) >= 11 is 0. The van der Waals surface area contributed by atoms with Crippen LogP contribution in [0.3, 0.4) is 0 Å². The summed E-state index contributed by atoms with van der Waals surface area (Å²) in [4.78, 5) is 24.0. The average molecular weight is 312 g/mol. The van der Waals surface area contributed by atoms with Crippen LogP contribution in [0.2, 0.25) is 0 Å². The molecule has 0 N–H and O–H groups in total. The molecule has 0 aromatic carbocycles. The monoisotopic (exact) mass is 312 g/mol. The van der Waals surface area contributed by atoms with E-state index in [0.717, 1.165) is 57.8 Å². The summed E-state index contributed by atoms with van der Waals surface area (Å²) < 4.78 is 11.2. The van der Waals surface area contributed by atoms with Crippen molar-refractivity contribution >= 4 is 11.9 Å². The average Bonchev–Trinajstić information content (AvgIpc) is 2.48. The quantitative estimate of drug-likeness (QED) is 0.327.